The molecule has 182 valence electrons. The Morgan fingerprint density at radius 2 is 1.78 bits per heavy atom. The minimum absolute atomic E-state index is 0.0171. The summed E-state index contributed by atoms with van der Waals surface area (Å²) in [5, 5.41) is 1.93. The number of hydrogen-bond donors (Lipinski definition) is 1. The van der Waals surface area contributed by atoms with E-state index in [-0.39, 0.29) is 24.9 Å². The number of aromatic amines is 1. The Labute approximate surface area is 218 Å². The first-order valence-electron chi connectivity index (χ1n) is 11.7. The summed E-state index contributed by atoms with van der Waals surface area (Å²) in [5.74, 6) is 0.475. The van der Waals surface area contributed by atoms with Gasteiger partial charge in [-0.2, -0.15) is 0 Å². The number of para-hydroxylation sites is 2. The molecular weight excluding hydrogens is 497 g/mol. The first-order valence-corrected chi connectivity index (χ1v) is 12.5. The molecule has 1 aromatic heterocycles. The topological polar surface area (TPSA) is 65.6 Å². The summed E-state index contributed by atoms with van der Waals surface area (Å²) >= 11 is 12.3. The normalized spacial score (nSPS) is 19.4. The molecule has 2 aliphatic heterocycles. The van der Waals surface area contributed by atoms with Crippen LogP contribution in [-0.4, -0.2) is 46.3 Å². The van der Waals surface area contributed by atoms with E-state index in [2.05, 4.69) is 11.1 Å². The van der Waals surface area contributed by atoms with Gasteiger partial charge in [0.05, 0.1) is 17.2 Å². The van der Waals surface area contributed by atoms with Crippen LogP contribution in [0.1, 0.15) is 28.4 Å². The van der Waals surface area contributed by atoms with Gasteiger partial charge in [-0.15, -0.1) is 0 Å². The van der Waals surface area contributed by atoms with Gasteiger partial charge >= 0.3 is 0 Å². The monoisotopic (exact) mass is 519 g/mol. The molecule has 8 heteroatoms. The predicted molar refractivity (Wildman–Crippen MR) is 139 cm³/mol. The number of hydrogen-bond acceptors (Lipinski definition) is 3. The van der Waals surface area contributed by atoms with Gasteiger partial charge in [-0.1, -0.05) is 65.7 Å². The van der Waals surface area contributed by atoms with Crippen LogP contribution in [0.3, 0.4) is 0 Å². The van der Waals surface area contributed by atoms with Crippen LogP contribution in [0.5, 0.6) is 5.75 Å². The molecule has 4 aromatic rings. The van der Waals surface area contributed by atoms with Crippen molar-refractivity contribution in [2.24, 2.45) is 0 Å². The fraction of sp³-hybridized carbons (Fsp3) is 0.214. The number of H-pyrrole nitrogens is 1. The third kappa shape index (κ3) is 3.64. The van der Waals surface area contributed by atoms with Crippen LogP contribution >= 0.6 is 23.2 Å². The summed E-state index contributed by atoms with van der Waals surface area (Å²) in [6, 6.07) is 19.9. The van der Waals surface area contributed by atoms with Crippen LogP contribution in [0, 0.1) is 0 Å². The molecule has 36 heavy (non-hydrogen) atoms. The van der Waals surface area contributed by atoms with Gasteiger partial charge in [0.15, 0.2) is 0 Å². The number of rotatable bonds is 4. The average molecular weight is 520 g/mol. The zero-order chi connectivity index (χ0) is 25.0. The van der Waals surface area contributed by atoms with E-state index in [1.807, 2.05) is 48.5 Å². The Balaban J connectivity index is 1.46. The number of nitrogens with zero attached hydrogens (tertiary/aromatic N) is 2. The lowest BCUT2D eigenvalue weighted by Gasteiger charge is -2.47. The Kier molecular flexibility index (Phi) is 5.66. The Morgan fingerprint density at radius 1 is 1.00 bits per heavy atom. The fourth-order valence-corrected chi connectivity index (χ4v) is 5.85. The van der Waals surface area contributed by atoms with Crippen molar-refractivity contribution in [3.8, 4) is 5.75 Å². The van der Waals surface area contributed by atoms with Crippen LogP contribution in [0.2, 0.25) is 10.0 Å². The number of nitrogens with one attached hydrogen (secondary N) is 1. The first-order chi connectivity index (χ1) is 17.5. The molecule has 3 heterocycles. The number of fused-ring (bicyclic) bond motifs is 4. The molecule has 0 aliphatic carbocycles. The number of carbonyl (C=O) groups is 2. The molecule has 6 rings (SSSR count). The minimum atomic E-state index is -0.629. The molecule has 0 radical (unpaired) electrons. The zero-order valence-electron chi connectivity index (χ0n) is 19.5. The highest BCUT2D eigenvalue weighted by Gasteiger charge is 2.48. The molecular formula is C28H23Cl2N3O3. The number of ether oxygens (including phenoxy) is 1. The van der Waals surface area contributed by atoms with E-state index in [0.717, 1.165) is 33.3 Å². The number of halogens is 2. The van der Waals surface area contributed by atoms with Crippen molar-refractivity contribution < 1.29 is 14.3 Å². The largest absolute Gasteiger partial charge is 0.496 e. The first kappa shape index (κ1) is 23.0. The Morgan fingerprint density at radius 3 is 2.58 bits per heavy atom. The van der Waals surface area contributed by atoms with Gasteiger partial charge in [-0.05, 0) is 35.4 Å². The lowest BCUT2D eigenvalue weighted by molar-refractivity contribution is -0.159. The fourth-order valence-electron chi connectivity index (χ4n) is 5.53. The molecule has 2 atom stereocenters. The van der Waals surface area contributed by atoms with Gasteiger partial charge in [0, 0.05) is 35.1 Å². The van der Waals surface area contributed by atoms with Crippen molar-refractivity contribution in [2.45, 2.75) is 25.0 Å². The summed E-state index contributed by atoms with van der Waals surface area (Å²) in [4.78, 5) is 34.5. The van der Waals surface area contributed by atoms with Crippen LogP contribution < -0.4 is 4.74 Å². The Bertz CT molecular complexity index is 1520. The summed E-state index contributed by atoms with van der Waals surface area (Å²) in [5.41, 5.74) is 4.63. The van der Waals surface area contributed by atoms with Crippen LogP contribution in [0.4, 0.5) is 0 Å². The molecule has 0 saturated carbocycles. The van der Waals surface area contributed by atoms with Gasteiger partial charge in [0.25, 0.3) is 0 Å². The standard InChI is InChI=1S/C28H23Cl2N3O3/c1-36-24-9-5-3-7-18(24)27-26-19(17-6-2-4-8-22(17)31-26)13-23-28(35)32(15-25(34)33(23)27)14-16-10-11-20(29)21(30)12-16/h2-12,23,27,31H,13-15H2,1H3/t23-,27+/m0/s1. The van der Waals surface area contributed by atoms with E-state index in [1.165, 1.54) is 0 Å². The predicted octanol–water partition coefficient (Wildman–Crippen LogP) is 5.37. The molecule has 1 fully saturated rings. The van der Waals surface area contributed by atoms with E-state index >= 15 is 0 Å². The van der Waals surface area contributed by atoms with Crippen LogP contribution in [-0.2, 0) is 22.6 Å². The van der Waals surface area contributed by atoms with Crippen LogP contribution in [0.15, 0.2) is 66.7 Å². The maximum Gasteiger partial charge on any atom is 0.246 e. The number of aromatic nitrogens is 1. The molecule has 0 bridgehead atoms. The highest BCUT2D eigenvalue weighted by Crippen LogP contribution is 2.45. The highest BCUT2D eigenvalue weighted by atomic mass is 35.5. The van der Waals surface area contributed by atoms with E-state index in [1.54, 1.807) is 29.0 Å². The molecule has 6 nitrogen and oxygen atoms in total. The van der Waals surface area contributed by atoms with Crippen molar-refractivity contribution in [1.82, 2.24) is 14.8 Å². The van der Waals surface area contributed by atoms with E-state index in [9.17, 15) is 9.59 Å². The number of carbonyl (C=O) groups excluding carboxylic acids is 2. The number of benzene rings is 3. The molecule has 2 amide bonds. The number of methoxy groups -OCH3 is 1. The second-order valence-corrected chi connectivity index (χ2v) is 9.99. The minimum Gasteiger partial charge on any atom is -0.496 e. The number of amides is 2. The third-order valence-corrected chi connectivity index (χ3v) is 7.87. The third-order valence-electron chi connectivity index (χ3n) is 7.13. The molecule has 1 N–H and O–H groups in total. The van der Waals surface area contributed by atoms with Crippen molar-refractivity contribution in [3.05, 3.63) is 99.2 Å². The molecule has 1 saturated heterocycles. The second-order valence-electron chi connectivity index (χ2n) is 9.17. The second kappa shape index (κ2) is 8.87. The van der Waals surface area contributed by atoms with Gasteiger partial charge in [0.2, 0.25) is 11.8 Å². The van der Waals surface area contributed by atoms with Gasteiger partial charge in [-0.25, -0.2) is 0 Å². The molecule has 0 unspecified atom stereocenters. The SMILES string of the molecule is COc1ccccc1[C@@H]1c2[nH]c3ccccc3c2C[C@H]2C(=O)N(Cc3ccc(Cl)c(Cl)c3)CC(=O)N12. The Hall–Kier alpha value is -3.48. The molecule has 0 spiro atoms. The average Bonchev–Trinajstić information content (AvgIpc) is 3.26. The smallest absolute Gasteiger partial charge is 0.246 e. The highest BCUT2D eigenvalue weighted by molar-refractivity contribution is 6.42. The molecule has 2 aliphatic rings. The van der Waals surface area contributed by atoms with E-state index < -0.39 is 12.1 Å². The van der Waals surface area contributed by atoms with Gasteiger partial charge in [-0.3, -0.25) is 9.59 Å². The van der Waals surface area contributed by atoms with Crippen molar-refractivity contribution >= 4 is 45.9 Å². The van der Waals surface area contributed by atoms with Crippen molar-refractivity contribution in [2.75, 3.05) is 13.7 Å². The van der Waals surface area contributed by atoms with E-state index in [4.69, 9.17) is 27.9 Å². The quantitative estimate of drug-likeness (QED) is 0.394. The van der Waals surface area contributed by atoms with Crippen molar-refractivity contribution in [3.63, 3.8) is 0 Å². The lowest BCUT2D eigenvalue weighted by atomic mass is 9.86. The van der Waals surface area contributed by atoms with E-state index in [0.29, 0.717) is 22.2 Å². The zero-order valence-corrected chi connectivity index (χ0v) is 21.0. The summed E-state index contributed by atoms with van der Waals surface area (Å²) in [6.45, 7) is 0.267. The summed E-state index contributed by atoms with van der Waals surface area (Å²) in [6.07, 6.45) is 0.438. The summed E-state index contributed by atoms with van der Waals surface area (Å²) < 4.78 is 5.68. The van der Waals surface area contributed by atoms with Crippen LogP contribution in [0.25, 0.3) is 10.9 Å². The van der Waals surface area contributed by atoms with Gasteiger partial charge in [0.1, 0.15) is 24.4 Å². The maximum atomic E-state index is 13.9. The maximum absolute atomic E-state index is 13.9. The number of piperazine rings is 1. The van der Waals surface area contributed by atoms with Gasteiger partial charge < -0.3 is 19.5 Å². The lowest BCUT2D eigenvalue weighted by Crippen LogP contribution is -2.62. The van der Waals surface area contributed by atoms with Crippen molar-refractivity contribution in [1.29, 1.82) is 0 Å². The molecule has 3 aromatic carbocycles. The summed E-state index contributed by atoms with van der Waals surface area (Å²) in [7, 11) is 1.62.